The third-order valence-corrected chi connectivity index (χ3v) is 9.20. The van der Waals surface area contributed by atoms with E-state index in [2.05, 4.69) is 46.0 Å². The summed E-state index contributed by atoms with van der Waals surface area (Å²) in [5.41, 5.74) is 1.96. The van der Waals surface area contributed by atoms with Gasteiger partial charge in [0.1, 0.15) is 5.75 Å². The van der Waals surface area contributed by atoms with Gasteiger partial charge in [-0.25, -0.2) is 0 Å². The van der Waals surface area contributed by atoms with E-state index in [0.29, 0.717) is 6.42 Å². The van der Waals surface area contributed by atoms with Gasteiger partial charge in [0.05, 0.1) is 0 Å². The molecule has 2 aromatic carbocycles. The highest BCUT2D eigenvalue weighted by Gasteiger charge is 2.38. The number of ketones is 1. The van der Waals surface area contributed by atoms with Gasteiger partial charge in [0, 0.05) is 12.0 Å². The van der Waals surface area contributed by atoms with Crippen molar-refractivity contribution in [1.29, 1.82) is 0 Å². The van der Waals surface area contributed by atoms with Crippen molar-refractivity contribution in [1.82, 2.24) is 0 Å². The summed E-state index contributed by atoms with van der Waals surface area (Å²) in [5, 5.41) is 0.188. The summed E-state index contributed by atoms with van der Waals surface area (Å²) in [7, 11) is -1.80. The Morgan fingerprint density at radius 1 is 0.958 bits per heavy atom. The summed E-state index contributed by atoms with van der Waals surface area (Å²) in [4.78, 5) is 12.2. The second kappa shape index (κ2) is 7.35. The lowest BCUT2D eigenvalue weighted by molar-refractivity contribution is 0.0983. The maximum Gasteiger partial charge on any atom is 0.250 e. The average molecular weight is 341 g/mol. The molecule has 0 amide bonds. The minimum absolute atomic E-state index is 0.188. The summed E-state index contributed by atoms with van der Waals surface area (Å²) in [6.45, 7) is 11.2. The molecule has 3 heteroatoms. The molecule has 24 heavy (non-hydrogen) atoms. The van der Waals surface area contributed by atoms with E-state index in [9.17, 15) is 4.79 Å². The Morgan fingerprint density at radius 2 is 1.54 bits per heavy atom. The molecular formula is C21H28O2Si. The summed E-state index contributed by atoms with van der Waals surface area (Å²) < 4.78 is 6.29. The molecule has 0 N–H and O–H groups in total. The van der Waals surface area contributed by atoms with Gasteiger partial charge >= 0.3 is 0 Å². The number of Topliss-reactive ketones (excluding diaryl/α,β-unsaturated/α-hetero) is 1. The number of carbonyl (C=O) groups is 1. The third-order valence-electron chi connectivity index (χ3n) is 4.84. The van der Waals surface area contributed by atoms with E-state index in [1.54, 1.807) is 0 Å². The van der Waals surface area contributed by atoms with Crippen molar-refractivity contribution in [3.8, 4) is 5.75 Å². The van der Waals surface area contributed by atoms with Crippen LogP contribution in [0.3, 0.4) is 0 Å². The summed E-state index contributed by atoms with van der Waals surface area (Å²) >= 11 is 0. The first kappa shape index (κ1) is 18.5. The summed E-state index contributed by atoms with van der Waals surface area (Å²) in [6.07, 6.45) is 1.29. The molecular weight excluding hydrogens is 312 g/mol. The Kier molecular flexibility index (Phi) is 5.65. The van der Waals surface area contributed by atoms with Crippen LogP contribution in [0.4, 0.5) is 0 Å². The van der Waals surface area contributed by atoms with Crippen LogP contribution in [-0.2, 0) is 6.42 Å². The lowest BCUT2D eigenvalue weighted by atomic mass is 10.0. The Labute approximate surface area is 147 Å². The maximum absolute atomic E-state index is 12.2. The molecule has 0 aliphatic heterocycles. The Morgan fingerprint density at radius 3 is 2.08 bits per heavy atom. The number of carbonyl (C=O) groups excluding carboxylic acids is 1. The molecule has 0 aliphatic carbocycles. The van der Waals surface area contributed by atoms with E-state index >= 15 is 0 Å². The molecule has 0 unspecified atom stereocenters. The number of hydrogen-bond acceptors (Lipinski definition) is 2. The molecule has 2 nitrogen and oxygen atoms in total. The van der Waals surface area contributed by atoms with Crippen LogP contribution in [0.1, 0.15) is 43.1 Å². The van der Waals surface area contributed by atoms with Gasteiger partial charge in [-0.15, -0.1) is 0 Å². The van der Waals surface area contributed by atoms with Gasteiger partial charge in [0.25, 0.3) is 0 Å². The van der Waals surface area contributed by atoms with Crippen molar-refractivity contribution >= 4 is 14.1 Å². The minimum Gasteiger partial charge on any atom is -0.544 e. The predicted octanol–water partition coefficient (Wildman–Crippen LogP) is 5.89. The zero-order chi connectivity index (χ0) is 17.8. The van der Waals surface area contributed by atoms with Gasteiger partial charge in [0.15, 0.2) is 5.78 Å². The topological polar surface area (TPSA) is 26.3 Å². The van der Waals surface area contributed by atoms with Crippen molar-refractivity contribution in [2.75, 3.05) is 0 Å². The first-order chi connectivity index (χ1) is 11.2. The highest BCUT2D eigenvalue weighted by Crippen LogP contribution is 2.37. The van der Waals surface area contributed by atoms with Crippen LogP contribution in [0.25, 0.3) is 0 Å². The zero-order valence-corrected chi connectivity index (χ0v) is 16.4. The van der Waals surface area contributed by atoms with Crippen LogP contribution < -0.4 is 4.43 Å². The fraction of sp³-hybridized carbons (Fsp3) is 0.381. The van der Waals surface area contributed by atoms with Crippen LogP contribution in [0.15, 0.2) is 54.6 Å². The second-order valence-electron chi connectivity index (χ2n) is 7.80. The average Bonchev–Trinajstić information content (AvgIpc) is 2.53. The van der Waals surface area contributed by atoms with Gasteiger partial charge in [-0.3, -0.25) is 4.79 Å². The van der Waals surface area contributed by atoms with E-state index in [0.717, 1.165) is 17.7 Å². The smallest absolute Gasteiger partial charge is 0.250 e. The lowest BCUT2D eigenvalue weighted by Gasteiger charge is -2.36. The van der Waals surface area contributed by atoms with Crippen molar-refractivity contribution in [3.63, 3.8) is 0 Å². The fourth-order valence-corrected chi connectivity index (χ4v) is 3.23. The first-order valence-electron chi connectivity index (χ1n) is 8.55. The van der Waals surface area contributed by atoms with Gasteiger partial charge in [-0.05, 0) is 42.2 Å². The number of benzene rings is 2. The van der Waals surface area contributed by atoms with Crippen LogP contribution in [0.2, 0.25) is 18.1 Å². The molecule has 0 fully saturated rings. The normalized spacial score (nSPS) is 12.0. The van der Waals surface area contributed by atoms with Gasteiger partial charge in [0.2, 0.25) is 8.32 Å². The third kappa shape index (κ3) is 4.81. The van der Waals surface area contributed by atoms with Gasteiger partial charge < -0.3 is 4.43 Å². The van der Waals surface area contributed by atoms with Crippen LogP contribution in [0.5, 0.6) is 5.75 Å². The van der Waals surface area contributed by atoms with E-state index in [4.69, 9.17) is 4.43 Å². The minimum atomic E-state index is -1.80. The molecule has 0 spiro atoms. The van der Waals surface area contributed by atoms with Gasteiger partial charge in [-0.2, -0.15) is 0 Å². The van der Waals surface area contributed by atoms with Crippen molar-refractivity contribution in [2.45, 2.75) is 51.7 Å². The molecule has 2 aromatic rings. The largest absolute Gasteiger partial charge is 0.544 e. The quantitative estimate of drug-likeness (QED) is 0.484. The predicted molar refractivity (Wildman–Crippen MR) is 103 cm³/mol. The van der Waals surface area contributed by atoms with Crippen molar-refractivity contribution in [2.24, 2.45) is 0 Å². The van der Waals surface area contributed by atoms with Crippen molar-refractivity contribution < 1.29 is 9.22 Å². The Hall–Kier alpha value is -1.87. The molecule has 0 heterocycles. The monoisotopic (exact) mass is 340 g/mol. The maximum atomic E-state index is 12.2. The molecule has 0 bridgehead atoms. The van der Waals surface area contributed by atoms with E-state index < -0.39 is 8.32 Å². The summed E-state index contributed by atoms with van der Waals surface area (Å²) in [5.74, 6) is 1.12. The van der Waals surface area contributed by atoms with Crippen LogP contribution >= 0.6 is 0 Å². The number of aryl methyl sites for hydroxylation is 1. The molecule has 0 aliphatic rings. The Balaban J connectivity index is 1.94. The molecule has 0 saturated heterocycles. The van der Waals surface area contributed by atoms with Crippen LogP contribution in [-0.4, -0.2) is 14.1 Å². The number of hydrogen-bond donors (Lipinski definition) is 0. The molecule has 2 rings (SSSR count). The molecule has 0 atom stereocenters. The second-order valence-corrected chi connectivity index (χ2v) is 12.5. The SMILES string of the molecule is CC(C)(C)[Si](C)(C)Oc1ccc(CCC(=O)c2ccccc2)cc1. The van der Waals surface area contributed by atoms with E-state index in [-0.39, 0.29) is 10.8 Å². The molecule has 0 saturated carbocycles. The zero-order valence-electron chi connectivity index (χ0n) is 15.4. The lowest BCUT2D eigenvalue weighted by Crippen LogP contribution is -2.43. The standard InChI is InChI=1S/C21H28O2Si/c1-21(2,3)24(4,5)23-19-14-11-17(12-15-19)13-16-20(22)18-9-7-6-8-10-18/h6-12,14-15H,13,16H2,1-5H3. The van der Waals surface area contributed by atoms with E-state index in [1.165, 1.54) is 5.56 Å². The first-order valence-corrected chi connectivity index (χ1v) is 11.5. The number of rotatable bonds is 6. The molecule has 0 radical (unpaired) electrons. The van der Waals surface area contributed by atoms with Crippen molar-refractivity contribution in [3.05, 3.63) is 65.7 Å². The highest BCUT2D eigenvalue weighted by atomic mass is 28.4. The Bertz CT molecular complexity index is 667. The van der Waals surface area contributed by atoms with Gasteiger partial charge in [-0.1, -0.05) is 63.2 Å². The highest BCUT2D eigenvalue weighted by molar-refractivity contribution is 6.74. The summed E-state index contributed by atoms with van der Waals surface area (Å²) in [6, 6.07) is 17.7. The fourth-order valence-electron chi connectivity index (χ4n) is 2.20. The molecule has 0 aromatic heterocycles. The van der Waals surface area contributed by atoms with E-state index in [1.807, 2.05) is 42.5 Å². The van der Waals surface area contributed by atoms with Crippen LogP contribution in [0, 0.1) is 0 Å². The molecule has 128 valence electrons.